The van der Waals surface area contributed by atoms with Crippen LogP contribution in [0.25, 0.3) is 6.08 Å². The van der Waals surface area contributed by atoms with E-state index in [1.54, 1.807) is 13.2 Å². The average Bonchev–Trinajstić information content (AvgIpc) is 2.87. The summed E-state index contributed by atoms with van der Waals surface area (Å²) in [4.78, 5) is 26.3. The molecule has 8 heteroatoms. The summed E-state index contributed by atoms with van der Waals surface area (Å²) < 4.78 is 11.8. The first-order chi connectivity index (χ1) is 12.5. The maximum atomic E-state index is 12.6. The molecule has 0 saturated carbocycles. The van der Waals surface area contributed by atoms with E-state index in [9.17, 15) is 9.59 Å². The van der Waals surface area contributed by atoms with Crippen molar-refractivity contribution in [1.82, 2.24) is 4.90 Å². The van der Waals surface area contributed by atoms with Gasteiger partial charge in [-0.15, -0.1) is 0 Å². The third-order valence-corrected chi connectivity index (χ3v) is 5.45. The van der Waals surface area contributed by atoms with E-state index in [1.807, 2.05) is 25.1 Å². The van der Waals surface area contributed by atoms with Gasteiger partial charge in [-0.05, 0) is 37.1 Å². The molecule has 2 rings (SSSR count). The number of nitrogens with zero attached hydrogens (tertiary/aromatic N) is 1. The number of carbonyl (C=O) groups is 2. The summed E-state index contributed by atoms with van der Waals surface area (Å²) in [5.74, 6) is 0.285. The van der Waals surface area contributed by atoms with Gasteiger partial charge in [-0.25, -0.2) is 0 Å². The van der Waals surface area contributed by atoms with Gasteiger partial charge in [0.15, 0.2) is 0 Å². The zero-order chi connectivity index (χ0) is 19.1. The van der Waals surface area contributed by atoms with E-state index >= 15 is 0 Å². The predicted molar refractivity (Wildman–Crippen MR) is 111 cm³/mol. The van der Waals surface area contributed by atoms with E-state index in [4.69, 9.17) is 21.7 Å². The lowest BCUT2D eigenvalue weighted by Gasteiger charge is -2.13. The van der Waals surface area contributed by atoms with Crippen molar-refractivity contribution >= 4 is 62.2 Å². The maximum Gasteiger partial charge on any atom is 0.305 e. The molecule has 140 valence electrons. The van der Waals surface area contributed by atoms with E-state index in [1.165, 1.54) is 16.7 Å². The Hall–Kier alpha value is -1.38. The highest BCUT2D eigenvalue weighted by Gasteiger charge is 2.31. The Kier molecular flexibility index (Phi) is 8.12. The SMILES string of the molecule is CCCOC(=O)CCCN1C(=O)/C(=C\c2cc(Br)ccc2OC)SC1=S. The van der Waals surface area contributed by atoms with Gasteiger partial charge in [0.2, 0.25) is 0 Å². The minimum absolute atomic E-state index is 0.149. The van der Waals surface area contributed by atoms with Crippen LogP contribution in [-0.4, -0.2) is 41.4 Å². The van der Waals surface area contributed by atoms with Gasteiger partial charge in [0, 0.05) is 23.0 Å². The van der Waals surface area contributed by atoms with Crippen LogP contribution in [0.4, 0.5) is 0 Å². The number of halogens is 1. The molecule has 1 aliphatic rings. The number of esters is 1. The number of ether oxygens (including phenoxy) is 2. The summed E-state index contributed by atoms with van der Waals surface area (Å²) in [5, 5.41) is 0. The number of benzene rings is 1. The van der Waals surface area contributed by atoms with Crippen LogP contribution in [0.3, 0.4) is 0 Å². The molecule has 0 aromatic heterocycles. The molecular weight excluding hydrogens is 438 g/mol. The fourth-order valence-corrected chi connectivity index (χ4v) is 4.00. The first kappa shape index (κ1) is 20.9. The number of hydrogen-bond donors (Lipinski definition) is 0. The monoisotopic (exact) mass is 457 g/mol. The molecule has 26 heavy (non-hydrogen) atoms. The van der Waals surface area contributed by atoms with Crippen molar-refractivity contribution in [3.63, 3.8) is 0 Å². The summed E-state index contributed by atoms with van der Waals surface area (Å²) >= 11 is 10.00. The lowest BCUT2D eigenvalue weighted by atomic mass is 10.2. The van der Waals surface area contributed by atoms with Gasteiger partial charge in [0.25, 0.3) is 5.91 Å². The number of methoxy groups -OCH3 is 1. The highest BCUT2D eigenvalue weighted by atomic mass is 79.9. The highest BCUT2D eigenvalue weighted by Crippen LogP contribution is 2.35. The maximum absolute atomic E-state index is 12.6. The minimum atomic E-state index is -0.244. The van der Waals surface area contributed by atoms with Crippen molar-refractivity contribution < 1.29 is 19.1 Å². The smallest absolute Gasteiger partial charge is 0.305 e. The van der Waals surface area contributed by atoms with Crippen LogP contribution in [0.15, 0.2) is 27.6 Å². The fourth-order valence-electron chi connectivity index (χ4n) is 2.32. The van der Waals surface area contributed by atoms with Crippen molar-refractivity contribution in [1.29, 1.82) is 0 Å². The molecule has 0 unspecified atom stereocenters. The zero-order valence-corrected chi connectivity index (χ0v) is 17.8. The van der Waals surface area contributed by atoms with Crippen LogP contribution in [0, 0.1) is 0 Å². The number of hydrogen-bond acceptors (Lipinski definition) is 6. The predicted octanol–water partition coefficient (Wildman–Crippen LogP) is 4.39. The highest BCUT2D eigenvalue weighted by molar-refractivity contribution is 9.10. The van der Waals surface area contributed by atoms with E-state index in [-0.39, 0.29) is 18.3 Å². The first-order valence-electron chi connectivity index (χ1n) is 8.20. The number of thiocarbonyl (C=S) groups is 1. The Balaban J connectivity index is 2.02. The molecule has 0 atom stereocenters. The van der Waals surface area contributed by atoms with Crippen LogP contribution in [0.2, 0.25) is 0 Å². The van der Waals surface area contributed by atoms with Gasteiger partial charge in [-0.2, -0.15) is 0 Å². The average molecular weight is 458 g/mol. The first-order valence-corrected chi connectivity index (χ1v) is 10.2. The molecule has 0 N–H and O–H groups in total. The summed E-state index contributed by atoms with van der Waals surface area (Å²) in [6.07, 6.45) is 3.36. The number of carbonyl (C=O) groups excluding carboxylic acids is 2. The second kappa shape index (κ2) is 10.1. The Morgan fingerprint density at radius 3 is 2.88 bits per heavy atom. The Labute approximate surface area is 171 Å². The van der Waals surface area contributed by atoms with Gasteiger partial charge in [0.1, 0.15) is 10.1 Å². The van der Waals surface area contributed by atoms with Gasteiger partial charge >= 0.3 is 5.97 Å². The Morgan fingerprint density at radius 1 is 1.42 bits per heavy atom. The minimum Gasteiger partial charge on any atom is -0.496 e. The van der Waals surface area contributed by atoms with Crippen LogP contribution in [0.1, 0.15) is 31.7 Å². The normalized spacial score (nSPS) is 15.7. The lowest BCUT2D eigenvalue weighted by Crippen LogP contribution is -2.29. The molecule has 1 amide bonds. The lowest BCUT2D eigenvalue weighted by molar-refractivity contribution is -0.144. The van der Waals surface area contributed by atoms with Gasteiger partial charge in [-0.1, -0.05) is 46.8 Å². The summed E-state index contributed by atoms with van der Waals surface area (Å²) in [6, 6.07) is 5.59. The van der Waals surface area contributed by atoms with E-state index in [2.05, 4.69) is 15.9 Å². The van der Waals surface area contributed by atoms with E-state index in [0.717, 1.165) is 16.5 Å². The second-order valence-electron chi connectivity index (χ2n) is 5.54. The molecule has 5 nitrogen and oxygen atoms in total. The quantitative estimate of drug-likeness (QED) is 0.327. The molecule has 0 bridgehead atoms. The van der Waals surface area contributed by atoms with Crippen molar-refractivity contribution in [2.75, 3.05) is 20.3 Å². The number of thioether (sulfide) groups is 1. The molecule has 0 spiro atoms. The van der Waals surface area contributed by atoms with Crippen molar-refractivity contribution in [3.8, 4) is 5.75 Å². The molecule has 0 radical (unpaired) electrons. The topological polar surface area (TPSA) is 55.8 Å². The van der Waals surface area contributed by atoms with Crippen LogP contribution in [-0.2, 0) is 14.3 Å². The van der Waals surface area contributed by atoms with Crippen molar-refractivity contribution in [2.45, 2.75) is 26.2 Å². The number of amides is 1. The standard InChI is InChI=1S/C18H20BrNO4S2/c1-3-9-24-16(21)5-4-8-20-17(22)15(26-18(20)25)11-12-10-13(19)6-7-14(12)23-2/h6-7,10-11H,3-5,8-9H2,1-2H3/b15-11+. The van der Waals surface area contributed by atoms with Gasteiger partial charge < -0.3 is 9.47 Å². The summed E-state index contributed by atoms with van der Waals surface area (Å²) in [5.41, 5.74) is 0.797. The van der Waals surface area contributed by atoms with E-state index < -0.39 is 0 Å². The fraction of sp³-hybridized carbons (Fsp3) is 0.389. The zero-order valence-electron chi connectivity index (χ0n) is 14.6. The third-order valence-electron chi connectivity index (χ3n) is 3.58. The number of rotatable bonds is 8. The van der Waals surface area contributed by atoms with Gasteiger partial charge in [0.05, 0.1) is 18.6 Å². The molecular formula is C18H20BrNO4S2. The Morgan fingerprint density at radius 2 is 2.19 bits per heavy atom. The molecule has 1 saturated heterocycles. The third kappa shape index (κ3) is 5.56. The molecule has 1 aliphatic heterocycles. The molecule has 0 aliphatic carbocycles. The van der Waals surface area contributed by atoms with Crippen LogP contribution >= 0.6 is 39.9 Å². The van der Waals surface area contributed by atoms with Crippen molar-refractivity contribution in [3.05, 3.63) is 33.1 Å². The van der Waals surface area contributed by atoms with Gasteiger partial charge in [-0.3, -0.25) is 14.5 Å². The Bertz CT molecular complexity index is 736. The molecule has 1 fully saturated rings. The second-order valence-corrected chi connectivity index (χ2v) is 8.14. The summed E-state index contributed by atoms with van der Waals surface area (Å²) in [7, 11) is 1.59. The van der Waals surface area contributed by atoms with Crippen molar-refractivity contribution in [2.24, 2.45) is 0 Å². The van der Waals surface area contributed by atoms with Crippen LogP contribution in [0.5, 0.6) is 5.75 Å². The van der Waals surface area contributed by atoms with E-state index in [0.29, 0.717) is 34.5 Å². The molecule has 1 aromatic carbocycles. The molecule has 1 aromatic rings. The largest absolute Gasteiger partial charge is 0.496 e. The summed E-state index contributed by atoms with van der Waals surface area (Å²) in [6.45, 7) is 2.77. The van der Waals surface area contributed by atoms with Crippen LogP contribution < -0.4 is 4.74 Å². The molecule has 1 heterocycles.